The number of benzene rings is 1. The predicted octanol–water partition coefficient (Wildman–Crippen LogP) is 3.34. The third kappa shape index (κ3) is 3.01. The van der Waals surface area contributed by atoms with E-state index < -0.39 is 0 Å². The Morgan fingerprint density at radius 3 is 2.95 bits per heavy atom. The van der Waals surface area contributed by atoms with Crippen LogP contribution in [0.3, 0.4) is 0 Å². The summed E-state index contributed by atoms with van der Waals surface area (Å²) in [4.78, 5) is 13.1. The third-order valence-electron chi connectivity index (χ3n) is 3.14. The molecule has 0 aliphatic heterocycles. The first-order valence-electron chi connectivity index (χ1n) is 6.68. The zero-order valence-corrected chi connectivity index (χ0v) is 12.7. The van der Waals surface area contributed by atoms with Crippen LogP contribution in [0.25, 0.3) is 10.6 Å². The molecule has 0 bridgehead atoms. The Hall–Kier alpha value is -2.60. The summed E-state index contributed by atoms with van der Waals surface area (Å²) in [5, 5.41) is 8.57. The minimum atomic E-state index is -0.280. The van der Waals surface area contributed by atoms with E-state index in [-0.39, 0.29) is 11.6 Å². The predicted molar refractivity (Wildman–Crippen MR) is 84.0 cm³/mol. The lowest BCUT2D eigenvalue weighted by molar-refractivity contribution is 0.0941. The van der Waals surface area contributed by atoms with Crippen LogP contribution >= 0.6 is 11.3 Å². The Morgan fingerprint density at radius 1 is 1.32 bits per heavy atom. The van der Waals surface area contributed by atoms with E-state index in [1.165, 1.54) is 11.3 Å². The van der Waals surface area contributed by atoms with Gasteiger partial charge in [-0.25, -0.2) is 0 Å². The molecule has 0 unspecified atom stereocenters. The number of carbonyl (C=O) groups is 1. The van der Waals surface area contributed by atoms with Crippen molar-refractivity contribution in [3.05, 3.63) is 59.1 Å². The molecule has 0 saturated carbocycles. The summed E-state index contributed by atoms with van der Waals surface area (Å²) in [6, 6.07) is 13.0. The van der Waals surface area contributed by atoms with E-state index >= 15 is 0 Å². The monoisotopic (exact) mass is 314 g/mol. The second-order valence-corrected chi connectivity index (χ2v) is 5.50. The molecule has 0 atom stereocenters. The summed E-state index contributed by atoms with van der Waals surface area (Å²) in [5.41, 5.74) is 1.17. The molecule has 1 N–H and O–H groups in total. The average molecular weight is 314 g/mol. The summed E-state index contributed by atoms with van der Waals surface area (Å²) < 4.78 is 10.5. The van der Waals surface area contributed by atoms with Gasteiger partial charge in [0.05, 0.1) is 12.0 Å². The molecule has 6 heteroatoms. The van der Waals surface area contributed by atoms with Crippen molar-refractivity contribution < 1.29 is 14.1 Å². The standard InChI is InChI=1S/C16H14N2O3S/c1-20-13-6-3-2-5-11(13)10-17-16(19)12-9-14(21-18-12)15-7-4-8-22-15/h2-9H,10H2,1H3,(H,17,19). The Balaban J connectivity index is 1.67. The van der Waals surface area contributed by atoms with Crippen LogP contribution in [0.15, 0.2) is 52.4 Å². The van der Waals surface area contributed by atoms with Gasteiger partial charge in [0, 0.05) is 18.2 Å². The number of carbonyl (C=O) groups excluding carboxylic acids is 1. The largest absolute Gasteiger partial charge is 0.496 e. The number of nitrogens with one attached hydrogen (secondary N) is 1. The van der Waals surface area contributed by atoms with Gasteiger partial charge in [0.2, 0.25) is 0 Å². The summed E-state index contributed by atoms with van der Waals surface area (Å²) in [6.07, 6.45) is 0. The second-order valence-electron chi connectivity index (χ2n) is 4.55. The van der Waals surface area contributed by atoms with Gasteiger partial charge in [0.1, 0.15) is 5.75 Å². The van der Waals surface area contributed by atoms with Crippen molar-refractivity contribution in [2.24, 2.45) is 0 Å². The molecule has 1 aromatic carbocycles. The van der Waals surface area contributed by atoms with Crippen LogP contribution < -0.4 is 10.1 Å². The number of amides is 1. The zero-order valence-electron chi connectivity index (χ0n) is 11.9. The quantitative estimate of drug-likeness (QED) is 0.784. The first kappa shape index (κ1) is 14.3. The van der Waals surface area contributed by atoms with Gasteiger partial charge in [-0.15, -0.1) is 11.3 Å². The maximum absolute atomic E-state index is 12.1. The Kier molecular flexibility index (Phi) is 4.20. The molecular formula is C16H14N2O3S. The number of hydrogen-bond donors (Lipinski definition) is 1. The van der Waals surface area contributed by atoms with E-state index in [4.69, 9.17) is 9.26 Å². The van der Waals surface area contributed by atoms with E-state index in [9.17, 15) is 4.79 Å². The lowest BCUT2D eigenvalue weighted by atomic mass is 10.2. The molecule has 22 heavy (non-hydrogen) atoms. The van der Waals surface area contributed by atoms with Gasteiger partial charge in [-0.05, 0) is 17.5 Å². The summed E-state index contributed by atoms with van der Waals surface area (Å²) >= 11 is 1.53. The first-order valence-corrected chi connectivity index (χ1v) is 7.56. The van der Waals surface area contributed by atoms with Crippen molar-refractivity contribution in [3.63, 3.8) is 0 Å². The Bertz CT molecular complexity index is 765. The van der Waals surface area contributed by atoms with E-state index in [0.717, 1.165) is 16.2 Å². The minimum Gasteiger partial charge on any atom is -0.496 e. The number of para-hydroxylation sites is 1. The molecule has 112 valence electrons. The lowest BCUT2D eigenvalue weighted by Gasteiger charge is -2.08. The van der Waals surface area contributed by atoms with Crippen LogP contribution in [0, 0.1) is 0 Å². The molecule has 0 radical (unpaired) electrons. The lowest BCUT2D eigenvalue weighted by Crippen LogP contribution is -2.23. The first-order chi connectivity index (χ1) is 10.8. The van der Waals surface area contributed by atoms with Crippen LogP contribution in [-0.4, -0.2) is 18.2 Å². The van der Waals surface area contributed by atoms with Gasteiger partial charge in [-0.1, -0.05) is 29.4 Å². The number of nitrogens with zero attached hydrogens (tertiary/aromatic N) is 1. The molecule has 1 amide bonds. The summed E-state index contributed by atoms with van der Waals surface area (Å²) in [5.74, 6) is 1.05. The van der Waals surface area contributed by atoms with E-state index in [2.05, 4.69) is 10.5 Å². The SMILES string of the molecule is COc1ccccc1CNC(=O)c1cc(-c2cccs2)on1. The highest BCUT2D eigenvalue weighted by Gasteiger charge is 2.14. The van der Waals surface area contributed by atoms with Gasteiger partial charge in [0.15, 0.2) is 11.5 Å². The van der Waals surface area contributed by atoms with Crippen LogP contribution in [-0.2, 0) is 6.54 Å². The van der Waals surface area contributed by atoms with Crippen LogP contribution in [0.1, 0.15) is 16.1 Å². The fraction of sp³-hybridized carbons (Fsp3) is 0.125. The number of methoxy groups -OCH3 is 1. The molecular weight excluding hydrogens is 300 g/mol. The summed E-state index contributed by atoms with van der Waals surface area (Å²) in [7, 11) is 1.60. The maximum Gasteiger partial charge on any atom is 0.273 e. The number of thiophene rings is 1. The van der Waals surface area contributed by atoms with Crippen molar-refractivity contribution >= 4 is 17.2 Å². The maximum atomic E-state index is 12.1. The number of aromatic nitrogens is 1. The van der Waals surface area contributed by atoms with Gasteiger partial charge in [-0.2, -0.15) is 0 Å². The van der Waals surface area contributed by atoms with Gasteiger partial charge in [0.25, 0.3) is 5.91 Å². The van der Waals surface area contributed by atoms with E-state index in [1.807, 2.05) is 41.8 Å². The highest BCUT2D eigenvalue weighted by Crippen LogP contribution is 2.25. The normalized spacial score (nSPS) is 10.4. The molecule has 0 aliphatic rings. The van der Waals surface area contributed by atoms with Crippen LogP contribution in [0.4, 0.5) is 0 Å². The fourth-order valence-electron chi connectivity index (χ4n) is 2.03. The van der Waals surface area contributed by atoms with Gasteiger partial charge < -0.3 is 14.6 Å². The topological polar surface area (TPSA) is 64.4 Å². The molecule has 3 aromatic rings. The summed E-state index contributed by atoms with van der Waals surface area (Å²) in [6.45, 7) is 0.365. The molecule has 2 aromatic heterocycles. The Labute approximate surface area is 131 Å². The smallest absolute Gasteiger partial charge is 0.273 e. The number of rotatable bonds is 5. The molecule has 3 rings (SSSR count). The molecule has 2 heterocycles. The molecule has 0 aliphatic carbocycles. The zero-order chi connectivity index (χ0) is 15.4. The third-order valence-corrected chi connectivity index (χ3v) is 4.02. The van der Waals surface area contributed by atoms with Crippen molar-refractivity contribution in [3.8, 4) is 16.4 Å². The van der Waals surface area contributed by atoms with Crippen LogP contribution in [0.5, 0.6) is 5.75 Å². The van der Waals surface area contributed by atoms with Crippen LogP contribution in [0.2, 0.25) is 0 Å². The molecule has 0 fully saturated rings. The van der Waals surface area contributed by atoms with Gasteiger partial charge >= 0.3 is 0 Å². The van der Waals surface area contributed by atoms with E-state index in [0.29, 0.717) is 12.3 Å². The number of ether oxygens (including phenoxy) is 1. The van der Waals surface area contributed by atoms with Crippen molar-refractivity contribution in [2.75, 3.05) is 7.11 Å². The van der Waals surface area contributed by atoms with Crippen molar-refractivity contribution in [1.82, 2.24) is 10.5 Å². The number of hydrogen-bond acceptors (Lipinski definition) is 5. The van der Waals surface area contributed by atoms with Crippen molar-refractivity contribution in [1.29, 1.82) is 0 Å². The minimum absolute atomic E-state index is 0.262. The highest BCUT2D eigenvalue weighted by molar-refractivity contribution is 7.13. The van der Waals surface area contributed by atoms with E-state index in [1.54, 1.807) is 13.2 Å². The molecule has 0 saturated heterocycles. The molecule has 5 nitrogen and oxygen atoms in total. The second kappa shape index (κ2) is 6.44. The highest BCUT2D eigenvalue weighted by atomic mass is 32.1. The Morgan fingerprint density at radius 2 is 2.18 bits per heavy atom. The average Bonchev–Trinajstić information content (AvgIpc) is 3.23. The fourth-order valence-corrected chi connectivity index (χ4v) is 2.71. The van der Waals surface area contributed by atoms with Gasteiger partial charge in [-0.3, -0.25) is 4.79 Å². The van der Waals surface area contributed by atoms with Crippen molar-refractivity contribution in [2.45, 2.75) is 6.54 Å². The molecule has 0 spiro atoms.